The van der Waals surface area contributed by atoms with Crippen molar-refractivity contribution in [2.75, 3.05) is 7.11 Å². The Hall–Kier alpha value is -2.82. The zero-order valence-corrected chi connectivity index (χ0v) is 22.0. The molecule has 0 aliphatic rings. The van der Waals surface area contributed by atoms with Gasteiger partial charge < -0.3 is 15.0 Å². The first-order valence-electron chi connectivity index (χ1n) is 12.4. The fraction of sp³-hybridized carbons (Fsp3) is 0.517. The van der Waals surface area contributed by atoms with Gasteiger partial charge in [0.25, 0.3) is 0 Å². The molecule has 186 valence electrons. The van der Waals surface area contributed by atoms with Gasteiger partial charge in [-0.3, -0.25) is 9.59 Å². The van der Waals surface area contributed by atoms with E-state index in [-0.39, 0.29) is 23.3 Å². The van der Waals surface area contributed by atoms with Gasteiger partial charge in [0.05, 0.1) is 7.11 Å². The van der Waals surface area contributed by atoms with E-state index < -0.39 is 6.04 Å². The van der Waals surface area contributed by atoms with Crippen molar-refractivity contribution in [3.8, 4) is 5.75 Å². The highest BCUT2D eigenvalue weighted by molar-refractivity contribution is 5.88. The Bertz CT molecular complexity index is 931. The number of hydrogen-bond acceptors (Lipinski definition) is 3. The van der Waals surface area contributed by atoms with Gasteiger partial charge in [0.1, 0.15) is 11.8 Å². The number of nitrogens with one attached hydrogen (secondary N) is 1. The second-order valence-corrected chi connectivity index (χ2v) is 10.1. The third kappa shape index (κ3) is 7.89. The maximum absolute atomic E-state index is 13.5. The smallest absolute Gasteiger partial charge is 0.243 e. The highest BCUT2D eigenvalue weighted by Crippen LogP contribution is 2.23. The average Bonchev–Trinajstić information content (AvgIpc) is 2.82. The number of carbonyl (C=O) groups is 2. The van der Waals surface area contributed by atoms with Crippen molar-refractivity contribution >= 4 is 11.8 Å². The van der Waals surface area contributed by atoms with E-state index in [0.717, 1.165) is 23.3 Å². The standard InChI is InChI=1S/C29H42N2O3/c1-8-21(3)30-28(33)26(9-2)31(20-23-11-10-12-25(19-23)34-7)27(32)18-15-22-13-16-24(17-14-22)29(4,5)6/h10-14,16-17,19,21,26H,8-9,15,18,20H2,1-7H3,(H,30,33)/t21-,26+/m1/s1. The van der Waals surface area contributed by atoms with E-state index in [0.29, 0.717) is 25.8 Å². The molecule has 0 aliphatic heterocycles. The molecule has 2 aromatic carbocycles. The lowest BCUT2D eigenvalue weighted by atomic mass is 9.86. The topological polar surface area (TPSA) is 58.6 Å². The van der Waals surface area contributed by atoms with E-state index in [1.807, 2.05) is 45.0 Å². The third-order valence-electron chi connectivity index (χ3n) is 6.32. The van der Waals surface area contributed by atoms with Gasteiger partial charge >= 0.3 is 0 Å². The summed E-state index contributed by atoms with van der Waals surface area (Å²) in [5.41, 5.74) is 3.44. The number of methoxy groups -OCH3 is 1. The molecule has 0 fully saturated rings. The van der Waals surface area contributed by atoms with E-state index in [4.69, 9.17) is 4.74 Å². The van der Waals surface area contributed by atoms with Crippen LogP contribution in [0, 0.1) is 0 Å². The molecule has 0 unspecified atom stereocenters. The maximum atomic E-state index is 13.5. The van der Waals surface area contributed by atoms with Crippen LogP contribution in [0.15, 0.2) is 48.5 Å². The molecule has 0 aliphatic carbocycles. The summed E-state index contributed by atoms with van der Waals surface area (Å²) in [7, 11) is 1.63. The predicted octanol–water partition coefficient (Wildman–Crippen LogP) is 5.65. The zero-order chi connectivity index (χ0) is 25.3. The van der Waals surface area contributed by atoms with Gasteiger partial charge in [-0.1, -0.05) is 71.0 Å². The van der Waals surface area contributed by atoms with Crippen molar-refractivity contribution in [3.63, 3.8) is 0 Å². The van der Waals surface area contributed by atoms with Crippen LogP contribution in [0.25, 0.3) is 0 Å². The molecular weight excluding hydrogens is 424 g/mol. The van der Waals surface area contributed by atoms with Crippen LogP contribution in [-0.4, -0.2) is 35.9 Å². The van der Waals surface area contributed by atoms with Gasteiger partial charge in [-0.25, -0.2) is 0 Å². The Kier molecular flexibility index (Phi) is 10.2. The lowest BCUT2D eigenvalue weighted by molar-refractivity contribution is -0.141. The summed E-state index contributed by atoms with van der Waals surface area (Å²) < 4.78 is 5.35. The van der Waals surface area contributed by atoms with Crippen LogP contribution in [-0.2, 0) is 28.0 Å². The molecule has 5 nitrogen and oxygen atoms in total. The van der Waals surface area contributed by atoms with Gasteiger partial charge in [0, 0.05) is 19.0 Å². The summed E-state index contributed by atoms with van der Waals surface area (Å²) in [5, 5.41) is 3.06. The number of hydrogen-bond donors (Lipinski definition) is 1. The van der Waals surface area contributed by atoms with Crippen molar-refractivity contribution < 1.29 is 14.3 Å². The Morgan fingerprint density at radius 3 is 2.24 bits per heavy atom. The minimum atomic E-state index is -0.518. The van der Waals surface area contributed by atoms with E-state index in [1.165, 1.54) is 5.56 Å². The summed E-state index contributed by atoms with van der Waals surface area (Å²) in [6.45, 7) is 12.9. The van der Waals surface area contributed by atoms with Gasteiger partial charge in [-0.15, -0.1) is 0 Å². The second kappa shape index (κ2) is 12.6. The maximum Gasteiger partial charge on any atom is 0.243 e. The van der Waals surface area contributed by atoms with E-state index >= 15 is 0 Å². The second-order valence-electron chi connectivity index (χ2n) is 10.1. The molecule has 0 bridgehead atoms. The minimum Gasteiger partial charge on any atom is -0.497 e. The summed E-state index contributed by atoms with van der Waals surface area (Å²) in [5.74, 6) is 0.623. The van der Waals surface area contributed by atoms with Crippen molar-refractivity contribution in [2.24, 2.45) is 0 Å². The molecule has 2 rings (SSSR count). The minimum absolute atomic E-state index is 0.0196. The Balaban J connectivity index is 2.22. The predicted molar refractivity (Wildman–Crippen MR) is 139 cm³/mol. The molecule has 0 aromatic heterocycles. The number of amides is 2. The highest BCUT2D eigenvalue weighted by atomic mass is 16.5. The fourth-order valence-corrected chi connectivity index (χ4v) is 3.89. The first-order valence-corrected chi connectivity index (χ1v) is 12.4. The molecule has 1 N–H and O–H groups in total. The van der Waals surface area contributed by atoms with Crippen LogP contribution in [0.1, 0.15) is 77.5 Å². The van der Waals surface area contributed by atoms with E-state index in [1.54, 1.807) is 12.0 Å². The summed E-state index contributed by atoms with van der Waals surface area (Å²) in [4.78, 5) is 28.3. The summed E-state index contributed by atoms with van der Waals surface area (Å²) in [6, 6.07) is 15.7. The number of benzene rings is 2. The van der Waals surface area contributed by atoms with Crippen LogP contribution in [0.3, 0.4) is 0 Å². The molecule has 5 heteroatoms. The molecule has 0 spiro atoms. The normalized spacial score (nSPS) is 13.1. The Labute approximate surface area is 205 Å². The van der Waals surface area contributed by atoms with E-state index in [2.05, 4.69) is 50.4 Å². The molecule has 0 radical (unpaired) electrons. The first kappa shape index (κ1) is 27.4. The van der Waals surface area contributed by atoms with Gasteiger partial charge in [0.2, 0.25) is 11.8 Å². The molecule has 0 saturated heterocycles. The van der Waals surface area contributed by atoms with Crippen molar-refractivity contribution in [1.82, 2.24) is 10.2 Å². The van der Waals surface area contributed by atoms with Gasteiger partial charge in [-0.05, 0) is 60.4 Å². The van der Waals surface area contributed by atoms with Crippen LogP contribution in [0.4, 0.5) is 0 Å². The van der Waals surface area contributed by atoms with Crippen molar-refractivity contribution in [2.45, 2.75) is 91.3 Å². The first-order chi connectivity index (χ1) is 16.1. The lowest BCUT2D eigenvalue weighted by Gasteiger charge is -2.31. The van der Waals surface area contributed by atoms with Crippen molar-refractivity contribution in [1.29, 1.82) is 0 Å². The fourth-order valence-electron chi connectivity index (χ4n) is 3.89. The zero-order valence-electron chi connectivity index (χ0n) is 22.0. The number of ether oxygens (including phenoxy) is 1. The largest absolute Gasteiger partial charge is 0.497 e. The Morgan fingerprint density at radius 1 is 1.00 bits per heavy atom. The van der Waals surface area contributed by atoms with Crippen LogP contribution < -0.4 is 10.1 Å². The van der Waals surface area contributed by atoms with Gasteiger partial charge in [0.15, 0.2) is 0 Å². The number of aryl methyl sites for hydroxylation is 1. The van der Waals surface area contributed by atoms with Crippen LogP contribution >= 0.6 is 0 Å². The third-order valence-corrected chi connectivity index (χ3v) is 6.32. The molecule has 2 atom stereocenters. The molecular formula is C29H42N2O3. The summed E-state index contributed by atoms with van der Waals surface area (Å²) in [6.07, 6.45) is 2.39. The molecule has 34 heavy (non-hydrogen) atoms. The number of nitrogens with zero attached hydrogens (tertiary/aromatic N) is 1. The average molecular weight is 467 g/mol. The number of rotatable bonds is 11. The molecule has 2 amide bonds. The highest BCUT2D eigenvalue weighted by Gasteiger charge is 2.29. The monoisotopic (exact) mass is 466 g/mol. The van der Waals surface area contributed by atoms with Crippen molar-refractivity contribution in [3.05, 3.63) is 65.2 Å². The van der Waals surface area contributed by atoms with Gasteiger partial charge in [-0.2, -0.15) is 0 Å². The Morgan fingerprint density at radius 2 is 1.68 bits per heavy atom. The summed E-state index contributed by atoms with van der Waals surface area (Å²) >= 11 is 0. The lowest BCUT2D eigenvalue weighted by Crippen LogP contribution is -2.50. The molecule has 2 aromatic rings. The molecule has 0 saturated carbocycles. The van der Waals surface area contributed by atoms with E-state index in [9.17, 15) is 9.59 Å². The molecule has 0 heterocycles. The van der Waals surface area contributed by atoms with Crippen LogP contribution in [0.2, 0.25) is 0 Å². The van der Waals surface area contributed by atoms with Crippen LogP contribution in [0.5, 0.6) is 5.75 Å². The SMILES string of the molecule is CC[C@@H](C)NC(=O)[C@H](CC)N(Cc1cccc(OC)c1)C(=O)CCc1ccc(C(C)(C)C)cc1. The quantitative estimate of drug-likeness (QED) is 0.466. The number of carbonyl (C=O) groups excluding carboxylic acids is 2.